The minimum Gasteiger partial charge on any atom is -0.380 e. The Kier molecular flexibility index (Phi) is 8.30. The van der Waals surface area contributed by atoms with Crippen molar-refractivity contribution in [2.24, 2.45) is 4.99 Å². The van der Waals surface area contributed by atoms with Crippen molar-refractivity contribution in [3.05, 3.63) is 11.6 Å². The van der Waals surface area contributed by atoms with E-state index >= 15 is 0 Å². The molecule has 0 bridgehead atoms. The fraction of sp³-hybridized carbons (Fsp3) is 0.786. The molecular formula is C14H27N3O. The zero-order valence-corrected chi connectivity index (χ0v) is 11.8. The fourth-order valence-corrected chi connectivity index (χ4v) is 2.08. The lowest BCUT2D eigenvalue weighted by atomic mass is 9.97. The van der Waals surface area contributed by atoms with E-state index in [0.29, 0.717) is 0 Å². The third-order valence-electron chi connectivity index (χ3n) is 3.09. The summed E-state index contributed by atoms with van der Waals surface area (Å²) in [6, 6.07) is 0. The predicted molar refractivity (Wildman–Crippen MR) is 77.0 cm³/mol. The molecule has 0 atom stereocenters. The molecular weight excluding hydrogens is 226 g/mol. The van der Waals surface area contributed by atoms with Crippen molar-refractivity contribution < 1.29 is 4.74 Å². The summed E-state index contributed by atoms with van der Waals surface area (Å²) in [5.74, 6) is 0.867. The van der Waals surface area contributed by atoms with Crippen LogP contribution in [0.15, 0.2) is 16.6 Å². The molecule has 0 radical (unpaired) electrons. The quantitative estimate of drug-likeness (QED) is 0.316. The normalized spacial score (nSPS) is 16.3. The third-order valence-corrected chi connectivity index (χ3v) is 3.09. The predicted octanol–water partition coefficient (Wildman–Crippen LogP) is 2.08. The number of hydrogen-bond donors (Lipinski definition) is 2. The van der Waals surface area contributed by atoms with Crippen LogP contribution in [0.2, 0.25) is 0 Å². The molecule has 0 aromatic carbocycles. The summed E-state index contributed by atoms with van der Waals surface area (Å²) >= 11 is 0. The molecule has 4 heteroatoms. The number of aliphatic imine (C=N–C) groups is 1. The van der Waals surface area contributed by atoms with Crippen LogP contribution in [-0.2, 0) is 4.74 Å². The molecule has 2 N–H and O–H groups in total. The van der Waals surface area contributed by atoms with Gasteiger partial charge in [0.15, 0.2) is 5.96 Å². The Hall–Kier alpha value is -1.03. The molecule has 18 heavy (non-hydrogen) atoms. The molecule has 104 valence electrons. The van der Waals surface area contributed by atoms with Gasteiger partial charge in [0.2, 0.25) is 0 Å². The smallest absolute Gasteiger partial charge is 0.191 e. The van der Waals surface area contributed by atoms with E-state index in [9.17, 15) is 0 Å². The Morgan fingerprint density at radius 1 is 1.33 bits per heavy atom. The van der Waals surface area contributed by atoms with Crippen LogP contribution in [0.25, 0.3) is 0 Å². The van der Waals surface area contributed by atoms with E-state index in [1.54, 1.807) is 12.6 Å². The number of rotatable bonds is 7. The maximum Gasteiger partial charge on any atom is 0.191 e. The monoisotopic (exact) mass is 253 g/mol. The minimum absolute atomic E-state index is 0.725. The third kappa shape index (κ3) is 6.64. The van der Waals surface area contributed by atoms with Crippen LogP contribution in [0.1, 0.15) is 39.0 Å². The van der Waals surface area contributed by atoms with Gasteiger partial charge in [0.05, 0.1) is 6.61 Å². The van der Waals surface area contributed by atoms with Crippen LogP contribution in [-0.4, -0.2) is 39.3 Å². The van der Waals surface area contributed by atoms with Gasteiger partial charge in [-0.25, -0.2) is 0 Å². The Balaban J connectivity index is 2.09. The minimum atomic E-state index is 0.725. The van der Waals surface area contributed by atoms with Gasteiger partial charge in [0.1, 0.15) is 0 Å². The molecule has 0 unspecified atom stereocenters. The van der Waals surface area contributed by atoms with Crippen LogP contribution in [0.3, 0.4) is 0 Å². The number of hydrogen-bond acceptors (Lipinski definition) is 2. The van der Waals surface area contributed by atoms with Gasteiger partial charge in [-0.3, -0.25) is 4.99 Å². The second-order valence-electron chi connectivity index (χ2n) is 4.48. The molecule has 1 aliphatic carbocycles. The lowest BCUT2D eigenvalue weighted by Gasteiger charge is -2.15. The summed E-state index contributed by atoms with van der Waals surface area (Å²) in [7, 11) is 1.80. The molecule has 0 heterocycles. The highest BCUT2D eigenvalue weighted by Gasteiger charge is 2.03. The summed E-state index contributed by atoms with van der Waals surface area (Å²) in [5, 5.41) is 6.57. The highest BCUT2D eigenvalue weighted by atomic mass is 16.5. The van der Waals surface area contributed by atoms with Crippen molar-refractivity contribution in [1.82, 2.24) is 10.6 Å². The first-order chi connectivity index (χ1) is 8.86. The van der Waals surface area contributed by atoms with Crippen LogP contribution in [0, 0.1) is 0 Å². The lowest BCUT2D eigenvalue weighted by molar-refractivity contribution is 0.152. The summed E-state index contributed by atoms with van der Waals surface area (Å²) < 4.78 is 5.27. The fourth-order valence-electron chi connectivity index (χ4n) is 2.08. The molecule has 1 aliphatic rings. The van der Waals surface area contributed by atoms with Crippen molar-refractivity contribution in [2.75, 3.05) is 33.4 Å². The summed E-state index contributed by atoms with van der Waals surface area (Å²) in [6.07, 6.45) is 8.78. The number of allylic oxidation sites excluding steroid dienone is 1. The number of nitrogens with zero attached hydrogens (tertiary/aromatic N) is 1. The van der Waals surface area contributed by atoms with E-state index in [0.717, 1.165) is 38.7 Å². The first kappa shape index (κ1) is 15.0. The van der Waals surface area contributed by atoms with Crippen molar-refractivity contribution in [3.63, 3.8) is 0 Å². The van der Waals surface area contributed by atoms with Gasteiger partial charge < -0.3 is 15.4 Å². The van der Waals surface area contributed by atoms with E-state index in [2.05, 4.69) is 21.7 Å². The van der Waals surface area contributed by atoms with Crippen LogP contribution < -0.4 is 10.6 Å². The Bertz CT molecular complexity index is 274. The standard InChI is InChI=1S/C14H27N3O/c1-3-18-12-11-17-14(15-2)16-10-9-13-7-5-4-6-8-13/h7H,3-6,8-12H2,1-2H3,(H2,15,16,17). The molecule has 0 spiro atoms. The van der Waals surface area contributed by atoms with Gasteiger partial charge in [-0.1, -0.05) is 11.6 Å². The van der Waals surface area contributed by atoms with E-state index in [1.165, 1.54) is 25.7 Å². The van der Waals surface area contributed by atoms with Crippen molar-refractivity contribution in [1.29, 1.82) is 0 Å². The second kappa shape index (κ2) is 9.95. The van der Waals surface area contributed by atoms with E-state index in [-0.39, 0.29) is 0 Å². The molecule has 1 rings (SSSR count). The molecule has 0 saturated carbocycles. The van der Waals surface area contributed by atoms with Gasteiger partial charge >= 0.3 is 0 Å². The summed E-state index contributed by atoms with van der Waals surface area (Å²) in [6.45, 7) is 5.26. The number of guanidine groups is 1. The molecule has 0 saturated heterocycles. The first-order valence-electron chi connectivity index (χ1n) is 7.07. The molecule has 0 aromatic heterocycles. The molecule has 0 amide bonds. The van der Waals surface area contributed by atoms with E-state index in [4.69, 9.17) is 4.74 Å². The Labute approximate surface area is 111 Å². The maximum atomic E-state index is 5.27. The first-order valence-corrected chi connectivity index (χ1v) is 7.07. The molecule has 0 aliphatic heterocycles. The number of nitrogens with one attached hydrogen (secondary N) is 2. The van der Waals surface area contributed by atoms with Crippen molar-refractivity contribution in [3.8, 4) is 0 Å². The highest BCUT2D eigenvalue weighted by molar-refractivity contribution is 5.79. The van der Waals surface area contributed by atoms with Gasteiger partial charge in [-0.15, -0.1) is 0 Å². The van der Waals surface area contributed by atoms with Crippen LogP contribution in [0.4, 0.5) is 0 Å². The van der Waals surface area contributed by atoms with Crippen LogP contribution >= 0.6 is 0 Å². The molecule has 0 fully saturated rings. The van der Waals surface area contributed by atoms with Gasteiger partial charge in [-0.2, -0.15) is 0 Å². The van der Waals surface area contributed by atoms with Crippen molar-refractivity contribution >= 4 is 5.96 Å². The average Bonchev–Trinajstić information content (AvgIpc) is 2.42. The molecule has 4 nitrogen and oxygen atoms in total. The van der Waals surface area contributed by atoms with Gasteiger partial charge in [0, 0.05) is 26.7 Å². The molecule has 0 aromatic rings. The lowest BCUT2D eigenvalue weighted by Crippen LogP contribution is -2.39. The van der Waals surface area contributed by atoms with Gasteiger partial charge in [0.25, 0.3) is 0 Å². The summed E-state index contributed by atoms with van der Waals surface area (Å²) in [4.78, 5) is 4.19. The zero-order chi connectivity index (χ0) is 13.1. The van der Waals surface area contributed by atoms with Gasteiger partial charge in [-0.05, 0) is 39.0 Å². The second-order valence-corrected chi connectivity index (χ2v) is 4.48. The average molecular weight is 253 g/mol. The topological polar surface area (TPSA) is 45.6 Å². The number of ether oxygens (including phenoxy) is 1. The summed E-state index contributed by atoms with van der Waals surface area (Å²) in [5.41, 5.74) is 1.60. The SMILES string of the molecule is CCOCCNC(=NC)NCCC1=CCCCC1. The maximum absolute atomic E-state index is 5.27. The Morgan fingerprint density at radius 3 is 2.83 bits per heavy atom. The Morgan fingerprint density at radius 2 is 2.17 bits per heavy atom. The largest absolute Gasteiger partial charge is 0.380 e. The van der Waals surface area contributed by atoms with Crippen molar-refractivity contribution in [2.45, 2.75) is 39.0 Å². The van der Waals surface area contributed by atoms with E-state index in [1.807, 2.05) is 6.92 Å². The van der Waals surface area contributed by atoms with E-state index < -0.39 is 0 Å². The highest BCUT2D eigenvalue weighted by Crippen LogP contribution is 2.19. The van der Waals surface area contributed by atoms with Crippen LogP contribution in [0.5, 0.6) is 0 Å². The zero-order valence-electron chi connectivity index (χ0n) is 11.8.